The molecule has 2 fully saturated rings. The third kappa shape index (κ3) is 3.21. The highest BCUT2D eigenvalue weighted by atomic mass is 32.2. The Hall–Kier alpha value is -0.100. The summed E-state index contributed by atoms with van der Waals surface area (Å²) in [5.41, 5.74) is 2.12. The van der Waals surface area contributed by atoms with E-state index < -0.39 is 0 Å². The smallest absolute Gasteiger partial charge is 0.0794 e. The van der Waals surface area contributed by atoms with E-state index >= 15 is 0 Å². The lowest BCUT2D eigenvalue weighted by Crippen LogP contribution is -2.45. The van der Waals surface area contributed by atoms with Crippen molar-refractivity contribution in [2.45, 2.75) is 44.2 Å². The molecule has 0 amide bonds. The van der Waals surface area contributed by atoms with Crippen molar-refractivity contribution in [3.63, 3.8) is 0 Å². The zero-order valence-electron chi connectivity index (χ0n) is 12.1. The number of rotatable bonds is 4. The molecule has 1 aromatic rings. The highest BCUT2D eigenvalue weighted by Crippen LogP contribution is 2.43. The SMILES string of the molecule is CCNC(c1cncs1)C1CCOC2(CCSCC2)C1. The first-order valence-corrected chi connectivity index (χ1v) is 9.70. The number of aromatic nitrogens is 1. The number of hydrogen-bond acceptors (Lipinski definition) is 5. The maximum absolute atomic E-state index is 6.23. The molecular formula is C15H24N2OS2. The second-order valence-electron chi connectivity index (χ2n) is 5.84. The first-order valence-electron chi connectivity index (χ1n) is 7.66. The van der Waals surface area contributed by atoms with Crippen LogP contribution < -0.4 is 5.32 Å². The first kappa shape index (κ1) is 14.8. The molecule has 2 unspecified atom stereocenters. The molecule has 2 aliphatic heterocycles. The quantitative estimate of drug-likeness (QED) is 0.923. The van der Waals surface area contributed by atoms with Crippen molar-refractivity contribution in [3.05, 3.63) is 16.6 Å². The van der Waals surface area contributed by atoms with Gasteiger partial charge in [-0.05, 0) is 49.7 Å². The minimum absolute atomic E-state index is 0.173. The van der Waals surface area contributed by atoms with Gasteiger partial charge in [0, 0.05) is 23.7 Å². The first-order chi connectivity index (χ1) is 9.83. The number of thioether (sulfide) groups is 1. The Bertz CT molecular complexity index is 399. The molecule has 2 atom stereocenters. The lowest BCUT2D eigenvalue weighted by atomic mass is 9.78. The van der Waals surface area contributed by atoms with Crippen LogP contribution in [0.2, 0.25) is 0 Å². The molecule has 3 nitrogen and oxygen atoms in total. The van der Waals surface area contributed by atoms with E-state index in [0.717, 1.165) is 13.2 Å². The molecule has 2 aliphatic rings. The predicted molar refractivity (Wildman–Crippen MR) is 86.5 cm³/mol. The molecule has 0 aromatic carbocycles. The van der Waals surface area contributed by atoms with Crippen molar-refractivity contribution in [2.75, 3.05) is 24.7 Å². The van der Waals surface area contributed by atoms with E-state index in [-0.39, 0.29) is 5.60 Å². The molecule has 5 heteroatoms. The van der Waals surface area contributed by atoms with Gasteiger partial charge in [0.2, 0.25) is 0 Å². The summed E-state index contributed by atoms with van der Waals surface area (Å²) in [6.07, 6.45) is 6.88. The average molecular weight is 313 g/mol. The van der Waals surface area contributed by atoms with Crippen LogP contribution in [0.1, 0.15) is 43.5 Å². The Balaban J connectivity index is 1.73. The van der Waals surface area contributed by atoms with E-state index in [2.05, 4.69) is 29.0 Å². The summed E-state index contributed by atoms with van der Waals surface area (Å²) in [4.78, 5) is 5.66. The normalized spacial score (nSPS) is 27.6. The summed E-state index contributed by atoms with van der Waals surface area (Å²) in [5.74, 6) is 3.21. The summed E-state index contributed by atoms with van der Waals surface area (Å²) >= 11 is 3.86. The van der Waals surface area contributed by atoms with Gasteiger partial charge in [-0.25, -0.2) is 0 Å². The van der Waals surface area contributed by atoms with Gasteiger partial charge in [-0.2, -0.15) is 11.8 Å². The van der Waals surface area contributed by atoms with Crippen molar-refractivity contribution < 1.29 is 4.74 Å². The standard InChI is InChI=1S/C15H24N2OS2/c1-2-17-14(13-10-16-11-20-13)12-3-6-18-15(9-12)4-7-19-8-5-15/h10-12,14,17H,2-9H2,1H3. The van der Waals surface area contributed by atoms with E-state index in [1.807, 2.05) is 11.7 Å². The van der Waals surface area contributed by atoms with Crippen molar-refractivity contribution in [2.24, 2.45) is 5.92 Å². The zero-order valence-corrected chi connectivity index (χ0v) is 13.8. The Morgan fingerprint density at radius 2 is 2.35 bits per heavy atom. The van der Waals surface area contributed by atoms with Crippen molar-refractivity contribution in [1.82, 2.24) is 10.3 Å². The van der Waals surface area contributed by atoms with E-state index in [0.29, 0.717) is 12.0 Å². The van der Waals surface area contributed by atoms with Crippen LogP contribution in [0.4, 0.5) is 0 Å². The average Bonchev–Trinajstić information content (AvgIpc) is 2.99. The summed E-state index contributed by atoms with van der Waals surface area (Å²) in [7, 11) is 0. The zero-order chi connectivity index (χ0) is 13.8. The highest BCUT2D eigenvalue weighted by Gasteiger charge is 2.41. The number of ether oxygens (including phenoxy) is 1. The Kier molecular flexibility index (Phi) is 5.02. The van der Waals surface area contributed by atoms with Crippen LogP contribution in [0.3, 0.4) is 0 Å². The molecule has 0 aliphatic carbocycles. The van der Waals surface area contributed by atoms with Crippen LogP contribution in [0, 0.1) is 5.92 Å². The molecule has 1 aromatic heterocycles. The number of nitrogens with one attached hydrogen (secondary N) is 1. The molecule has 0 bridgehead atoms. The topological polar surface area (TPSA) is 34.2 Å². The monoisotopic (exact) mass is 312 g/mol. The lowest BCUT2D eigenvalue weighted by molar-refractivity contribution is -0.107. The van der Waals surface area contributed by atoms with Gasteiger partial charge in [-0.1, -0.05) is 6.92 Å². The summed E-state index contributed by atoms with van der Waals surface area (Å²) in [5, 5.41) is 3.69. The van der Waals surface area contributed by atoms with Crippen LogP contribution in [0.25, 0.3) is 0 Å². The van der Waals surface area contributed by atoms with Crippen molar-refractivity contribution in [1.29, 1.82) is 0 Å². The van der Waals surface area contributed by atoms with Gasteiger partial charge in [0.1, 0.15) is 0 Å². The summed E-state index contributed by atoms with van der Waals surface area (Å²) < 4.78 is 6.23. The largest absolute Gasteiger partial charge is 0.375 e. The van der Waals surface area contributed by atoms with E-state index in [9.17, 15) is 0 Å². The number of nitrogens with zero attached hydrogens (tertiary/aromatic N) is 1. The Morgan fingerprint density at radius 1 is 1.50 bits per heavy atom. The van der Waals surface area contributed by atoms with Crippen molar-refractivity contribution in [3.8, 4) is 0 Å². The van der Waals surface area contributed by atoms with Crippen LogP contribution >= 0.6 is 23.1 Å². The van der Waals surface area contributed by atoms with Gasteiger partial charge in [-0.3, -0.25) is 4.98 Å². The minimum atomic E-state index is 0.173. The van der Waals surface area contributed by atoms with Gasteiger partial charge in [-0.15, -0.1) is 11.3 Å². The van der Waals surface area contributed by atoms with E-state index in [1.165, 1.54) is 42.1 Å². The molecule has 20 heavy (non-hydrogen) atoms. The minimum Gasteiger partial charge on any atom is -0.375 e. The molecular weight excluding hydrogens is 288 g/mol. The second-order valence-corrected chi connectivity index (χ2v) is 7.98. The second kappa shape index (κ2) is 6.77. The van der Waals surface area contributed by atoms with Gasteiger partial charge >= 0.3 is 0 Å². The molecule has 2 saturated heterocycles. The van der Waals surface area contributed by atoms with Gasteiger partial charge in [0.05, 0.1) is 11.1 Å². The maximum atomic E-state index is 6.23. The molecule has 0 radical (unpaired) electrons. The summed E-state index contributed by atoms with van der Waals surface area (Å²) in [6.45, 7) is 4.14. The fourth-order valence-electron chi connectivity index (χ4n) is 3.54. The molecule has 3 rings (SSSR count). The number of hydrogen-bond donors (Lipinski definition) is 1. The molecule has 112 valence electrons. The van der Waals surface area contributed by atoms with Crippen molar-refractivity contribution >= 4 is 23.1 Å². The van der Waals surface area contributed by atoms with Crippen LogP contribution in [-0.2, 0) is 4.74 Å². The third-order valence-corrected chi connectivity index (χ3v) is 6.43. The molecule has 3 heterocycles. The number of thiazole rings is 1. The molecule has 0 saturated carbocycles. The van der Waals surface area contributed by atoms with Crippen LogP contribution in [-0.4, -0.2) is 35.2 Å². The predicted octanol–water partition coefficient (Wildman–Crippen LogP) is 3.49. The fraction of sp³-hybridized carbons (Fsp3) is 0.800. The van der Waals surface area contributed by atoms with E-state index in [4.69, 9.17) is 4.74 Å². The Morgan fingerprint density at radius 3 is 3.05 bits per heavy atom. The van der Waals surface area contributed by atoms with Crippen LogP contribution in [0.15, 0.2) is 11.7 Å². The fourth-order valence-corrected chi connectivity index (χ4v) is 5.57. The molecule has 1 spiro atoms. The lowest BCUT2D eigenvalue weighted by Gasteiger charge is -2.45. The molecule has 1 N–H and O–H groups in total. The van der Waals surface area contributed by atoms with Crippen LogP contribution in [0.5, 0.6) is 0 Å². The Labute approximate surface area is 129 Å². The van der Waals surface area contributed by atoms with Gasteiger partial charge in [0.15, 0.2) is 0 Å². The van der Waals surface area contributed by atoms with Gasteiger partial charge < -0.3 is 10.1 Å². The summed E-state index contributed by atoms with van der Waals surface area (Å²) in [6, 6.07) is 0.461. The van der Waals surface area contributed by atoms with E-state index in [1.54, 1.807) is 11.3 Å². The third-order valence-electron chi connectivity index (χ3n) is 4.59. The highest BCUT2D eigenvalue weighted by molar-refractivity contribution is 7.99. The van der Waals surface area contributed by atoms with Gasteiger partial charge in [0.25, 0.3) is 0 Å². The maximum Gasteiger partial charge on any atom is 0.0794 e.